The SMILES string of the molecule is CCOC(=O)C=C1SCC(=O)N1CCOC(=O)c1ccccc1C(=O)c1ccc2c(c1)OCCO2. The van der Waals surface area contributed by atoms with Gasteiger partial charge in [-0.2, -0.15) is 0 Å². The van der Waals surface area contributed by atoms with Crippen molar-refractivity contribution < 1.29 is 38.1 Å². The van der Waals surface area contributed by atoms with Gasteiger partial charge in [-0.05, 0) is 31.2 Å². The largest absolute Gasteiger partial charge is 0.486 e. The number of rotatable bonds is 8. The Morgan fingerprint density at radius 1 is 1.03 bits per heavy atom. The van der Waals surface area contributed by atoms with Crippen LogP contribution in [0.1, 0.15) is 33.2 Å². The van der Waals surface area contributed by atoms with E-state index in [1.807, 2.05) is 0 Å². The van der Waals surface area contributed by atoms with Crippen molar-refractivity contribution in [3.63, 3.8) is 0 Å². The van der Waals surface area contributed by atoms with E-state index in [2.05, 4.69) is 0 Å². The van der Waals surface area contributed by atoms with E-state index in [-0.39, 0.29) is 48.3 Å². The Morgan fingerprint density at radius 2 is 1.77 bits per heavy atom. The van der Waals surface area contributed by atoms with Crippen LogP contribution in [-0.4, -0.2) is 67.3 Å². The highest BCUT2D eigenvalue weighted by atomic mass is 32.2. The van der Waals surface area contributed by atoms with Crippen LogP contribution in [0.4, 0.5) is 0 Å². The highest BCUT2D eigenvalue weighted by Gasteiger charge is 2.28. The lowest BCUT2D eigenvalue weighted by molar-refractivity contribution is -0.137. The number of esters is 2. The highest BCUT2D eigenvalue weighted by Crippen LogP contribution is 2.32. The van der Waals surface area contributed by atoms with Gasteiger partial charge in [0.15, 0.2) is 17.3 Å². The van der Waals surface area contributed by atoms with Crippen LogP contribution in [0, 0.1) is 0 Å². The predicted molar refractivity (Wildman–Crippen MR) is 126 cm³/mol. The molecule has 0 unspecified atom stereocenters. The lowest BCUT2D eigenvalue weighted by Crippen LogP contribution is -2.29. The molecule has 0 N–H and O–H groups in total. The van der Waals surface area contributed by atoms with Gasteiger partial charge in [-0.3, -0.25) is 9.59 Å². The molecule has 35 heavy (non-hydrogen) atoms. The molecule has 0 atom stereocenters. The third kappa shape index (κ3) is 5.65. The number of nitrogens with zero attached hydrogens (tertiary/aromatic N) is 1. The minimum absolute atomic E-state index is 0.0705. The molecule has 0 aromatic heterocycles. The van der Waals surface area contributed by atoms with Gasteiger partial charge >= 0.3 is 11.9 Å². The summed E-state index contributed by atoms with van der Waals surface area (Å²) < 4.78 is 21.3. The van der Waals surface area contributed by atoms with E-state index in [9.17, 15) is 19.2 Å². The summed E-state index contributed by atoms with van der Waals surface area (Å²) in [5, 5.41) is 0.443. The molecule has 2 aromatic carbocycles. The van der Waals surface area contributed by atoms with E-state index in [0.717, 1.165) is 0 Å². The molecular formula is C25H23NO8S. The van der Waals surface area contributed by atoms with Gasteiger partial charge < -0.3 is 23.8 Å². The number of thioether (sulfide) groups is 1. The molecule has 182 valence electrons. The summed E-state index contributed by atoms with van der Waals surface area (Å²) in [7, 11) is 0. The van der Waals surface area contributed by atoms with Crippen LogP contribution in [0.3, 0.4) is 0 Å². The maximum atomic E-state index is 13.2. The molecule has 4 rings (SSSR count). The van der Waals surface area contributed by atoms with E-state index in [0.29, 0.717) is 35.3 Å². The van der Waals surface area contributed by atoms with Crippen molar-refractivity contribution in [1.29, 1.82) is 0 Å². The molecule has 0 spiro atoms. The monoisotopic (exact) mass is 497 g/mol. The van der Waals surface area contributed by atoms with Gasteiger partial charge in [-0.15, -0.1) is 0 Å². The topological polar surface area (TPSA) is 108 Å². The van der Waals surface area contributed by atoms with Crippen LogP contribution < -0.4 is 9.47 Å². The van der Waals surface area contributed by atoms with Gasteiger partial charge in [0.05, 0.1) is 35.6 Å². The van der Waals surface area contributed by atoms with Crippen LogP contribution in [0.5, 0.6) is 11.5 Å². The molecule has 9 nitrogen and oxygen atoms in total. The standard InChI is InChI=1S/C25H23NO8S/c1-2-31-23(28)14-22-26(21(27)15-35-22)9-10-34-25(30)18-6-4-3-5-17(18)24(29)16-7-8-19-20(13-16)33-12-11-32-19/h3-8,13-14H,2,9-12,15H2,1H3. The van der Waals surface area contributed by atoms with Gasteiger partial charge in [0, 0.05) is 11.1 Å². The summed E-state index contributed by atoms with van der Waals surface area (Å²) in [6, 6.07) is 11.2. The van der Waals surface area contributed by atoms with E-state index in [1.165, 1.54) is 28.8 Å². The minimum Gasteiger partial charge on any atom is -0.486 e. The number of fused-ring (bicyclic) bond motifs is 1. The Balaban J connectivity index is 1.43. The molecular weight excluding hydrogens is 474 g/mol. The smallest absolute Gasteiger partial charge is 0.338 e. The van der Waals surface area contributed by atoms with Crippen molar-refractivity contribution >= 4 is 35.4 Å². The lowest BCUT2D eigenvalue weighted by Gasteiger charge is -2.19. The normalized spacial score (nSPS) is 15.7. The average molecular weight is 498 g/mol. The molecule has 2 aliphatic heterocycles. The Bertz CT molecular complexity index is 1190. The molecule has 2 heterocycles. The quantitative estimate of drug-likeness (QED) is 0.309. The number of ketones is 1. The fourth-order valence-electron chi connectivity index (χ4n) is 3.56. The zero-order chi connectivity index (χ0) is 24.8. The van der Waals surface area contributed by atoms with E-state index in [1.54, 1.807) is 43.3 Å². The van der Waals surface area contributed by atoms with Gasteiger partial charge in [0.25, 0.3) is 0 Å². The summed E-state index contributed by atoms with van der Waals surface area (Å²) in [6.45, 7) is 2.71. The number of carbonyl (C=O) groups is 4. The minimum atomic E-state index is -0.693. The molecule has 0 bridgehead atoms. The van der Waals surface area contributed by atoms with Crippen LogP contribution in [0.25, 0.3) is 0 Å². The van der Waals surface area contributed by atoms with E-state index < -0.39 is 11.9 Å². The third-order valence-corrected chi connectivity index (χ3v) is 6.21. The number of carbonyl (C=O) groups excluding carboxylic acids is 4. The van der Waals surface area contributed by atoms with Gasteiger partial charge in [-0.25, -0.2) is 9.59 Å². The second kappa shape index (κ2) is 11.1. The molecule has 0 aliphatic carbocycles. The molecule has 2 aliphatic rings. The Morgan fingerprint density at radius 3 is 2.54 bits per heavy atom. The number of benzene rings is 2. The first-order valence-corrected chi connectivity index (χ1v) is 12.0. The van der Waals surface area contributed by atoms with Crippen molar-refractivity contribution in [3.05, 3.63) is 70.3 Å². The van der Waals surface area contributed by atoms with Crippen LogP contribution in [-0.2, 0) is 19.1 Å². The number of hydrogen-bond donors (Lipinski definition) is 0. The van der Waals surface area contributed by atoms with Crippen molar-refractivity contribution in [1.82, 2.24) is 4.90 Å². The van der Waals surface area contributed by atoms with E-state index >= 15 is 0 Å². The van der Waals surface area contributed by atoms with Crippen molar-refractivity contribution in [2.45, 2.75) is 6.92 Å². The van der Waals surface area contributed by atoms with Crippen LogP contribution in [0.2, 0.25) is 0 Å². The summed E-state index contributed by atoms with van der Waals surface area (Å²) in [6.07, 6.45) is 1.25. The Kier molecular flexibility index (Phi) is 7.71. The zero-order valence-corrected chi connectivity index (χ0v) is 19.8. The second-order valence-electron chi connectivity index (χ2n) is 7.44. The first-order valence-electron chi connectivity index (χ1n) is 11.0. The van der Waals surface area contributed by atoms with Gasteiger partial charge in [0.2, 0.25) is 5.91 Å². The number of amides is 1. The van der Waals surface area contributed by atoms with Crippen molar-refractivity contribution in [3.8, 4) is 11.5 Å². The highest BCUT2D eigenvalue weighted by molar-refractivity contribution is 8.04. The summed E-state index contributed by atoms with van der Waals surface area (Å²) >= 11 is 1.21. The summed E-state index contributed by atoms with van der Waals surface area (Å²) in [5.41, 5.74) is 0.643. The molecule has 2 aromatic rings. The first-order chi connectivity index (χ1) is 17.0. The fourth-order valence-corrected chi connectivity index (χ4v) is 4.52. The van der Waals surface area contributed by atoms with Crippen LogP contribution >= 0.6 is 11.8 Å². The second-order valence-corrected chi connectivity index (χ2v) is 8.43. The maximum Gasteiger partial charge on any atom is 0.338 e. The zero-order valence-electron chi connectivity index (χ0n) is 19.0. The molecule has 1 amide bonds. The average Bonchev–Trinajstić information content (AvgIpc) is 3.22. The fraction of sp³-hybridized carbons (Fsp3) is 0.280. The molecule has 1 saturated heterocycles. The summed E-state index contributed by atoms with van der Waals surface area (Å²) in [4.78, 5) is 51.3. The van der Waals surface area contributed by atoms with E-state index in [4.69, 9.17) is 18.9 Å². The number of ether oxygens (including phenoxy) is 4. The summed E-state index contributed by atoms with van der Waals surface area (Å²) in [5.74, 6) is -0.573. The third-order valence-electron chi connectivity index (χ3n) is 5.18. The molecule has 0 saturated carbocycles. The van der Waals surface area contributed by atoms with Crippen molar-refractivity contribution in [2.24, 2.45) is 0 Å². The lowest BCUT2D eigenvalue weighted by atomic mass is 9.98. The molecule has 10 heteroatoms. The van der Waals surface area contributed by atoms with Crippen LogP contribution in [0.15, 0.2) is 53.6 Å². The predicted octanol–water partition coefficient (Wildman–Crippen LogP) is 2.83. The molecule has 1 fully saturated rings. The first kappa shape index (κ1) is 24.3. The molecule has 0 radical (unpaired) electrons. The van der Waals surface area contributed by atoms with Gasteiger partial charge in [0.1, 0.15) is 19.8 Å². The van der Waals surface area contributed by atoms with Crippen molar-refractivity contribution in [2.75, 3.05) is 38.7 Å². The Hall–Kier alpha value is -3.79. The maximum absolute atomic E-state index is 13.2. The Labute approximate surface area is 206 Å². The number of hydrogen-bond acceptors (Lipinski definition) is 9. The van der Waals surface area contributed by atoms with Gasteiger partial charge in [-0.1, -0.05) is 30.0 Å².